The Morgan fingerprint density at radius 3 is 2.12 bits per heavy atom. The number of benzene rings is 1. The van der Waals surface area contributed by atoms with Crippen LogP contribution in [0.4, 0.5) is 5.69 Å². The fraction of sp³-hybridized carbons (Fsp3) is 0.474. The molecule has 0 N–H and O–H groups in total. The van der Waals surface area contributed by atoms with Crippen LogP contribution >= 0.6 is 0 Å². The molecule has 2 amide bonds. The number of nitrogens with zero attached hydrogens (tertiary/aromatic N) is 1. The molecule has 2 bridgehead atoms. The topological polar surface area (TPSA) is 55.8 Å². The van der Waals surface area contributed by atoms with Crippen LogP contribution in [0, 0.1) is 29.1 Å². The number of ether oxygens (including phenoxy) is 2. The molecule has 1 aliphatic heterocycles. The number of carbonyl (C=O) groups excluding carboxylic acids is 2. The van der Waals surface area contributed by atoms with Crippen molar-refractivity contribution < 1.29 is 19.1 Å². The van der Waals surface area contributed by atoms with Crippen LogP contribution in [0.5, 0.6) is 11.5 Å². The number of methoxy groups -OCH3 is 2. The van der Waals surface area contributed by atoms with Crippen LogP contribution in [0.25, 0.3) is 0 Å². The third-order valence-electron chi connectivity index (χ3n) is 6.48. The van der Waals surface area contributed by atoms with Gasteiger partial charge in [-0.3, -0.25) is 9.59 Å². The van der Waals surface area contributed by atoms with E-state index < -0.39 is 0 Å². The summed E-state index contributed by atoms with van der Waals surface area (Å²) in [5.74, 6) is 1.05. The summed E-state index contributed by atoms with van der Waals surface area (Å²) in [5, 5.41) is 0. The molecule has 24 heavy (non-hydrogen) atoms. The zero-order valence-electron chi connectivity index (χ0n) is 13.7. The van der Waals surface area contributed by atoms with Gasteiger partial charge in [0, 0.05) is 6.07 Å². The monoisotopic (exact) mass is 325 g/mol. The molecule has 0 aromatic heterocycles. The Balaban J connectivity index is 1.56. The first kappa shape index (κ1) is 14.1. The molecule has 4 atom stereocenters. The third-order valence-corrected chi connectivity index (χ3v) is 6.48. The highest BCUT2D eigenvalue weighted by Gasteiger charge is 2.73. The van der Waals surface area contributed by atoms with Gasteiger partial charge in [-0.05, 0) is 42.2 Å². The average Bonchev–Trinajstić information content (AvgIpc) is 3.20. The van der Waals surface area contributed by atoms with Crippen molar-refractivity contribution in [1.82, 2.24) is 0 Å². The van der Waals surface area contributed by atoms with Gasteiger partial charge in [-0.1, -0.05) is 12.2 Å². The predicted molar refractivity (Wildman–Crippen MR) is 86.8 cm³/mol. The summed E-state index contributed by atoms with van der Waals surface area (Å²) in [7, 11) is 3.11. The van der Waals surface area contributed by atoms with E-state index >= 15 is 0 Å². The number of fused-ring (bicyclic) bond motifs is 3. The number of hydrogen-bond acceptors (Lipinski definition) is 4. The largest absolute Gasteiger partial charge is 0.497 e. The van der Waals surface area contributed by atoms with Crippen LogP contribution in [-0.4, -0.2) is 26.0 Å². The molecular formula is C19H19NO4. The molecule has 5 rings (SSSR count). The number of rotatable bonds is 3. The lowest BCUT2D eigenvalue weighted by Gasteiger charge is -2.23. The summed E-state index contributed by atoms with van der Waals surface area (Å²) in [6.07, 6.45) is 6.65. The van der Waals surface area contributed by atoms with E-state index in [2.05, 4.69) is 12.2 Å². The van der Waals surface area contributed by atoms with Crippen LogP contribution < -0.4 is 14.4 Å². The van der Waals surface area contributed by atoms with Crippen molar-refractivity contribution in [3.8, 4) is 11.5 Å². The normalized spacial score (nSPS) is 34.2. The maximum atomic E-state index is 13.1. The van der Waals surface area contributed by atoms with Crippen molar-refractivity contribution in [2.24, 2.45) is 29.1 Å². The van der Waals surface area contributed by atoms with Crippen LogP contribution in [-0.2, 0) is 9.59 Å². The number of allylic oxidation sites excluding steroid dienone is 2. The summed E-state index contributed by atoms with van der Waals surface area (Å²) in [4.78, 5) is 27.6. The summed E-state index contributed by atoms with van der Waals surface area (Å²) in [6, 6.07) is 5.19. The van der Waals surface area contributed by atoms with E-state index in [0.29, 0.717) is 17.2 Å². The van der Waals surface area contributed by atoms with Crippen LogP contribution in [0.1, 0.15) is 12.8 Å². The molecular weight excluding hydrogens is 306 g/mol. The van der Waals surface area contributed by atoms with Gasteiger partial charge in [0.2, 0.25) is 11.8 Å². The summed E-state index contributed by atoms with van der Waals surface area (Å²) in [5.41, 5.74) is 0.739. The minimum absolute atomic E-state index is 0.0726. The van der Waals surface area contributed by atoms with Gasteiger partial charge in [-0.2, -0.15) is 0 Å². The van der Waals surface area contributed by atoms with E-state index in [1.165, 1.54) is 12.0 Å². The Bertz CT molecular complexity index is 761. The van der Waals surface area contributed by atoms with Gasteiger partial charge in [0.15, 0.2) is 0 Å². The second-order valence-corrected chi connectivity index (χ2v) is 7.27. The Hall–Kier alpha value is -2.30. The Labute approximate surface area is 140 Å². The minimum Gasteiger partial charge on any atom is -0.497 e. The molecule has 2 saturated carbocycles. The fourth-order valence-electron chi connectivity index (χ4n) is 5.29. The Morgan fingerprint density at radius 2 is 1.62 bits per heavy atom. The lowest BCUT2D eigenvalue weighted by molar-refractivity contribution is -0.123. The molecule has 3 aliphatic carbocycles. The number of carbonyl (C=O) groups is 2. The van der Waals surface area contributed by atoms with Crippen LogP contribution in [0.2, 0.25) is 0 Å². The van der Waals surface area contributed by atoms with E-state index in [4.69, 9.17) is 9.47 Å². The lowest BCUT2D eigenvalue weighted by Crippen LogP contribution is -2.35. The molecule has 124 valence electrons. The molecule has 1 heterocycles. The van der Waals surface area contributed by atoms with Gasteiger partial charge in [-0.25, -0.2) is 4.90 Å². The van der Waals surface area contributed by atoms with Gasteiger partial charge >= 0.3 is 0 Å². The van der Waals surface area contributed by atoms with Crippen LogP contribution in [0.15, 0.2) is 30.4 Å². The maximum absolute atomic E-state index is 13.1. The third kappa shape index (κ3) is 1.46. The van der Waals surface area contributed by atoms with Gasteiger partial charge in [0.05, 0.1) is 31.7 Å². The average molecular weight is 325 g/mol. The highest BCUT2D eigenvalue weighted by molar-refractivity contribution is 6.23. The van der Waals surface area contributed by atoms with E-state index in [-0.39, 0.29) is 40.9 Å². The van der Waals surface area contributed by atoms with Crippen molar-refractivity contribution in [2.75, 3.05) is 19.1 Å². The van der Waals surface area contributed by atoms with Gasteiger partial charge < -0.3 is 9.47 Å². The first-order valence-corrected chi connectivity index (χ1v) is 8.40. The molecule has 1 spiro atoms. The summed E-state index contributed by atoms with van der Waals surface area (Å²) < 4.78 is 10.6. The first-order valence-electron chi connectivity index (χ1n) is 8.40. The van der Waals surface area contributed by atoms with E-state index in [1.54, 1.807) is 25.3 Å². The number of imide groups is 1. The zero-order chi connectivity index (χ0) is 16.6. The van der Waals surface area contributed by atoms with Gasteiger partial charge in [0.1, 0.15) is 11.5 Å². The van der Waals surface area contributed by atoms with Crippen molar-refractivity contribution in [2.45, 2.75) is 12.8 Å². The maximum Gasteiger partial charge on any atom is 0.238 e. The number of anilines is 1. The minimum atomic E-state index is -0.193. The standard InChI is InChI=1S/C19H19NO4/c1-23-10-3-6-13(14(9-10)24-2)20-17(21)15-11-4-5-12(16(15)18(20)22)19(11)7-8-19/h3-6,9,11-12,15-16H,7-8H2,1-2H3. The molecule has 5 heteroatoms. The summed E-state index contributed by atoms with van der Waals surface area (Å²) >= 11 is 0. The van der Waals surface area contributed by atoms with Crippen molar-refractivity contribution >= 4 is 17.5 Å². The van der Waals surface area contributed by atoms with Gasteiger partial charge in [0.25, 0.3) is 0 Å². The second-order valence-electron chi connectivity index (χ2n) is 7.27. The molecule has 1 aromatic carbocycles. The van der Waals surface area contributed by atoms with E-state index in [0.717, 1.165) is 12.8 Å². The molecule has 4 unspecified atom stereocenters. The van der Waals surface area contributed by atoms with Crippen molar-refractivity contribution in [3.63, 3.8) is 0 Å². The molecule has 4 aliphatic rings. The number of hydrogen-bond donors (Lipinski definition) is 0. The highest BCUT2D eigenvalue weighted by atomic mass is 16.5. The quantitative estimate of drug-likeness (QED) is 0.632. The molecule has 1 aromatic rings. The smallest absolute Gasteiger partial charge is 0.238 e. The molecule has 5 nitrogen and oxygen atoms in total. The Morgan fingerprint density at radius 1 is 1.00 bits per heavy atom. The predicted octanol–water partition coefficient (Wildman–Crippen LogP) is 2.41. The molecule has 0 radical (unpaired) electrons. The van der Waals surface area contributed by atoms with Crippen molar-refractivity contribution in [1.29, 1.82) is 0 Å². The SMILES string of the molecule is COc1ccc(N2C(=O)C3C(C2=O)C2C=CC3C23CC3)c(OC)c1. The van der Waals surface area contributed by atoms with Gasteiger partial charge in [-0.15, -0.1) is 0 Å². The zero-order valence-corrected chi connectivity index (χ0v) is 13.7. The van der Waals surface area contributed by atoms with E-state index in [1.807, 2.05) is 0 Å². The lowest BCUT2D eigenvalue weighted by atomic mass is 9.85. The first-order chi connectivity index (χ1) is 11.6. The molecule has 1 saturated heterocycles. The van der Waals surface area contributed by atoms with Crippen molar-refractivity contribution in [3.05, 3.63) is 30.4 Å². The highest BCUT2D eigenvalue weighted by Crippen LogP contribution is 2.73. The second kappa shape index (κ2) is 4.41. The number of amides is 2. The Kier molecular flexibility index (Phi) is 2.58. The molecule has 3 fully saturated rings. The van der Waals surface area contributed by atoms with E-state index in [9.17, 15) is 9.59 Å². The fourth-order valence-corrected chi connectivity index (χ4v) is 5.29. The van der Waals surface area contributed by atoms with Crippen LogP contribution in [0.3, 0.4) is 0 Å². The summed E-state index contributed by atoms with van der Waals surface area (Å²) in [6.45, 7) is 0.